The number of sulfonamides is 1. The summed E-state index contributed by atoms with van der Waals surface area (Å²) < 4.78 is 44.7. The number of amides is 5. The number of hydrogen-bond donors (Lipinski definition) is 3. The zero-order valence-corrected chi connectivity index (χ0v) is 30.7. The number of benzene rings is 1. The summed E-state index contributed by atoms with van der Waals surface area (Å²) in [5.74, 6) is -2.45. The molecule has 5 atom stereocenters. The van der Waals surface area contributed by atoms with Gasteiger partial charge in [-0.3, -0.25) is 19.1 Å². The highest BCUT2D eigenvalue weighted by molar-refractivity contribution is 7.91. The highest BCUT2D eigenvalue weighted by Gasteiger charge is 2.62. The summed E-state index contributed by atoms with van der Waals surface area (Å²) in [5.41, 5.74) is 0.660. The molecule has 1 aromatic carbocycles. The summed E-state index contributed by atoms with van der Waals surface area (Å²) in [4.78, 5) is 71.8. The van der Waals surface area contributed by atoms with Crippen molar-refractivity contribution in [3.63, 3.8) is 0 Å². The number of rotatable bonds is 6. The summed E-state index contributed by atoms with van der Waals surface area (Å²) in [6.45, 7) is 1.64. The second-order valence-corrected chi connectivity index (χ2v) is 17.1. The fourth-order valence-electron chi connectivity index (χ4n) is 7.84. The average molecular weight is 756 g/mol. The van der Waals surface area contributed by atoms with Gasteiger partial charge < -0.3 is 34.6 Å². The first-order valence-electron chi connectivity index (χ1n) is 18.9. The maximum atomic E-state index is 14.4. The number of alkyl carbamates (subject to hydrolysis) is 1. The Balaban J connectivity index is 1.12. The normalized spacial score (nSPS) is 30.3. The van der Waals surface area contributed by atoms with Crippen LogP contribution in [0.2, 0.25) is 0 Å². The predicted octanol–water partition coefficient (Wildman–Crippen LogP) is 2.43. The second-order valence-electron chi connectivity index (χ2n) is 15.1. The highest BCUT2D eigenvalue weighted by Crippen LogP contribution is 2.46. The van der Waals surface area contributed by atoms with Crippen molar-refractivity contribution in [1.29, 1.82) is 0 Å². The van der Waals surface area contributed by atoms with Gasteiger partial charge in [0.15, 0.2) is 0 Å². The molecule has 5 amide bonds. The largest absolute Gasteiger partial charge is 0.446 e. The third-order valence-corrected chi connectivity index (χ3v) is 13.1. The Morgan fingerprint density at radius 1 is 0.943 bits per heavy atom. The van der Waals surface area contributed by atoms with Crippen LogP contribution in [0.5, 0.6) is 0 Å². The Morgan fingerprint density at radius 3 is 2.49 bits per heavy atom. The number of carbonyl (C=O) groups excluding carboxylic acids is 5. The van der Waals surface area contributed by atoms with Crippen molar-refractivity contribution in [1.82, 2.24) is 25.2 Å². The first-order valence-corrected chi connectivity index (χ1v) is 20.5. The van der Waals surface area contributed by atoms with E-state index in [2.05, 4.69) is 15.4 Å². The minimum absolute atomic E-state index is 0.0500. The molecular weight excluding hydrogens is 706 g/mol. The fraction of sp³-hybridized carbons (Fsp3) is 0.649. The molecule has 0 spiro atoms. The number of nitrogens with zero attached hydrogens (tertiary/aromatic N) is 2. The molecule has 2 saturated carbocycles. The predicted molar refractivity (Wildman–Crippen MR) is 189 cm³/mol. The number of carbonyl (C=O) groups is 5. The van der Waals surface area contributed by atoms with Crippen LogP contribution in [0.1, 0.15) is 81.8 Å². The number of fused-ring (bicyclic) bond motifs is 3. The molecule has 0 aromatic heterocycles. The first-order chi connectivity index (χ1) is 25.5. The fourth-order valence-corrected chi connectivity index (χ4v) is 9.20. The van der Waals surface area contributed by atoms with Crippen molar-refractivity contribution < 1.29 is 46.6 Å². The van der Waals surface area contributed by atoms with E-state index in [1.807, 2.05) is 36.4 Å². The van der Waals surface area contributed by atoms with E-state index in [1.165, 1.54) is 4.90 Å². The molecule has 4 fully saturated rings. The van der Waals surface area contributed by atoms with Crippen LogP contribution in [0.3, 0.4) is 0 Å². The van der Waals surface area contributed by atoms with Crippen LogP contribution in [-0.4, -0.2) is 110 Å². The van der Waals surface area contributed by atoms with Crippen molar-refractivity contribution >= 4 is 39.9 Å². The summed E-state index contributed by atoms with van der Waals surface area (Å²) in [6.07, 6.45) is 7.21. The molecule has 4 heterocycles. The highest BCUT2D eigenvalue weighted by atomic mass is 32.2. The number of hydrogen-bond acceptors (Lipinski definition) is 10. The van der Waals surface area contributed by atoms with Gasteiger partial charge in [0, 0.05) is 38.3 Å². The van der Waals surface area contributed by atoms with E-state index in [1.54, 1.807) is 4.90 Å². The Morgan fingerprint density at radius 2 is 1.72 bits per heavy atom. The minimum atomic E-state index is -3.90. The van der Waals surface area contributed by atoms with Crippen LogP contribution >= 0.6 is 0 Å². The molecule has 2 aliphatic carbocycles. The molecule has 288 valence electrons. The van der Waals surface area contributed by atoms with E-state index in [-0.39, 0.29) is 25.5 Å². The first kappa shape index (κ1) is 37.1. The van der Waals surface area contributed by atoms with E-state index in [4.69, 9.17) is 14.2 Å². The molecule has 0 bridgehead atoms. The molecule has 3 N–H and O–H groups in total. The van der Waals surface area contributed by atoms with Gasteiger partial charge in [-0.1, -0.05) is 49.3 Å². The van der Waals surface area contributed by atoms with E-state index in [9.17, 15) is 32.4 Å². The lowest BCUT2D eigenvalue weighted by Gasteiger charge is -2.30. The van der Waals surface area contributed by atoms with E-state index >= 15 is 0 Å². The molecule has 6 aliphatic rings. The van der Waals surface area contributed by atoms with Crippen molar-refractivity contribution in [2.75, 3.05) is 26.3 Å². The lowest BCUT2D eigenvalue weighted by Crippen LogP contribution is -2.58. The Hall–Kier alpha value is -4.18. The Bertz CT molecular complexity index is 1730. The van der Waals surface area contributed by atoms with Crippen LogP contribution in [0, 0.1) is 5.92 Å². The molecular formula is C37H49N5O10S. The smallest absolute Gasteiger partial charge is 0.410 e. The SMILES string of the molecule is O=C(N[C@H]1CCCCC/C=C\[C@H]2C[C@@]2(C(=O)NS(=O)(=O)C2CC2)NC(=O)[C@@H]2C[C@@H](OC(=O)N3CCc4ccccc4C3)CN2C1=O)OC1CCOCC1. The number of allylic oxidation sites excluding steroid dienone is 1. The lowest BCUT2D eigenvalue weighted by molar-refractivity contribution is -0.141. The summed E-state index contributed by atoms with van der Waals surface area (Å²) >= 11 is 0. The topological polar surface area (TPSA) is 190 Å². The maximum Gasteiger partial charge on any atom is 0.410 e. The molecule has 16 heteroatoms. The molecule has 15 nitrogen and oxygen atoms in total. The van der Waals surface area contributed by atoms with Crippen molar-refractivity contribution in [2.45, 2.75) is 119 Å². The van der Waals surface area contributed by atoms with Crippen molar-refractivity contribution in [2.24, 2.45) is 5.92 Å². The van der Waals surface area contributed by atoms with Gasteiger partial charge in [-0.15, -0.1) is 0 Å². The van der Waals surface area contributed by atoms with Gasteiger partial charge in [0.2, 0.25) is 21.8 Å². The summed E-state index contributed by atoms with van der Waals surface area (Å²) in [7, 11) is -3.90. The maximum absolute atomic E-state index is 14.4. The van der Waals surface area contributed by atoms with E-state index < -0.39 is 74.8 Å². The molecule has 53 heavy (non-hydrogen) atoms. The van der Waals surface area contributed by atoms with Crippen LogP contribution < -0.4 is 15.4 Å². The van der Waals surface area contributed by atoms with E-state index in [0.717, 1.165) is 24.0 Å². The average Bonchev–Trinajstić information content (AvgIpc) is 4.07. The van der Waals surface area contributed by atoms with E-state index in [0.29, 0.717) is 77.7 Å². The quantitative estimate of drug-likeness (QED) is 0.364. The molecule has 0 radical (unpaired) electrons. The van der Waals surface area contributed by atoms with Gasteiger partial charge in [0.05, 0.1) is 25.0 Å². The third kappa shape index (κ3) is 8.64. The molecule has 7 rings (SSSR count). The Labute approximate surface area is 309 Å². The van der Waals surface area contributed by atoms with Crippen LogP contribution in [0.4, 0.5) is 9.59 Å². The van der Waals surface area contributed by atoms with Crippen molar-refractivity contribution in [3.05, 3.63) is 47.5 Å². The lowest BCUT2D eigenvalue weighted by atomic mass is 10.0. The van der Waals surface area contributed by atoms with Gasteiger partial charge in [0.25, 0.3) is 5.91 Å². The van der Waals surface area contributed by atoms with Gasteiger partial charge >= 0.3 is 12.2 Å². The molecule has 0 unspecified atom stereocenters. The zero-order chi connectivity index (χ0) is 37.2. The van der Waals surface area contributed by atoms with Crippen LogP contribution in [0.15, 0.2) is 36.4 Å². The molecule has 1 aromatic rings. The van der Waals surface area contributed by atoms with Crippen LogP contribution in [0.25, 0.3) is 0 Å². The standard InChI is InChI=1S/C37H49N5O10S/c43-32-31-20-28(52-36(47)41-17-14-24-8-6-7-9-25(24)22-41)23-42(31)33(44)30(38-35(46)51-27-15-18-50-19-16-27)11-5-3-1-2-4-10-26-21-37(26,39-32)34(45)40-53(48,49)29-12-13-29/h4,6-10,26-31H,1-3,5,11-23H2,(H,38,46)(H,39,43)(H,40,45)/b10-4-/t26-,28+,30-,31-,37+/m0/s1. The molecule has 4 aliphatic heterocycles. The van der Waals surface area contributed by atoms with Crippen molar-refractivity contribution in [3.8, 4) is 0 Å². The minimum Gasteiger partial charge on any atom is -0.446 e. The zero-order valence-electron chi connectivity index (χ0n) is 29.8. The second kappa shape index (κ2) is 15.7. The summed E-state index contributed by atoms with van der Waals surface area (Å²) in [5, 5.41) is 4.95. The third-order valence-electron chi connectivity index (χ3n) is 11.2. The van der Waals surface area contributed by atoms with Gasteiger partial charge in [-0.25, -0.2) is 18.0 Å². The Kier molecular flexibility index (Phi) is 11.0. The van der Waals surface area contributed by atoms with Gasteiger partial charge in [-0.2, -0.15) is 0 Å². The number of nitrogens with one attached hydrogen (secondary N) is 3. The monoisotopic (exact) mass is 755 g/mol. The van der Waals surface area contributed by atoms with Gasteiger partial charge in [0.1, 0.15) is 29.8 Å². The van der Waals surface area contributed by atoms with Gasteiger partial charge in [-0.05, 0) is 56.1 Å². The summed E-state index contributed by atoms with van der Waals surface area (Å²) in [6, 6.07) is 5.67. The number of ether oxygens (including phenoxy) is 3. The van der Waals surface area contributed by atoms with Crippen LogP contribution in [-0.2, 0) is 51.6 Å². The molecule has 2 saturated heterocycles.